The summed E-state index contributed by atoms with van der Waals surface area (Å²) in [7, 11) is 0. The van der Waals surface area contributed by atoms with Gasteiger partial charge in [0.25, 0.3) is 0 Å². The number of halogens is 1. The van der Waals surface area contributed by atoms with Crippen LogP contribution in [-0.4, -0.2) is 11.0 Å². The van der Waals surface area contributed by atoms with Gasteiger partial charge in [-0.2, -0.15) is 0 Å². The first-order chi connectivity index (χ1) is 11.1. The summed E-state index contributed by atoms with van der Waals surface area (Å²) < 4.78 is 5.95. The van der Waals surface area contributed by atoms with E-state index in [1.54, 1.807) is 17.4 Å². The average molecular weight is 346 g/mol. The van der Waals surface area contributed by atoms with Gasteiger partial charge in [0.2, 0.25) is 0 Å². The fourth-order valence-electron chi connectivity index (χ4n) is 2.39. The van der Waals surface area contributed by atoms with Gasteiger partial charge in [0.05, 0.1) is 11.3 Å². The van der Waals surface area contributed by atoms with Crippen LogP contribution in [-0.2, 0) is 13.0 Å². The summed E-state index contributed by atoms with van der Waals surface area (Å²) in [4.78, 5) is 5.54. The molecule has 0 saturated carbocycles. The number of fused-ring (bicyclic) bond motifs is 1. The van der Waals surface area contributed by atoms with Crippen LogP contribution in [0.4, 0.5) is 5.69 Å². The van der Waals surface area contributed by atoms with Gasteiger partial charge < -0.3 is 15.5 Å². The molecule has 0 radical (unpaired) electrons. The minimum Gasteiger partial charge on any atom is -0.456 e. The highest BCUT2D eigenvalue weighted by Crippen LogP contribution is 2.32. The zero-order chi connectivity index (χ0) is 16.4. The summed E-state index contributed by atoms with van der Waals surface area (Å²) in [5, 5.41) is 5.75. The lowest BCUT2D eigenvalue weighted by Crippen LogP contribution is -2.17. The third kappa shape index (κ3) is 3.35. The van der Waals surface area contributed by atoms with Gasteiger partial charge >= 0.3 is 0 Å². The first kappa shape index (κ1) is 15.9. The van der Waals surface area contributed by atoms with Crippen molar-refractivity contribution in [3.05, 3.63) is 44.9 Å². The van der Waals surface area contributed by atoms with E-state index < -0.39 is 0 Å². The molecule has 23 heavy (non-hydrogen) atoms. The zero-order valence-corrected chi connectivity index (χ0v) is 14.2. The monoisotopic (exact) mass is 345 g/mol. The van der Waals surface area contributed by atoms with Crippen LogP contribution in [0.15, 0.2) is 28.0 Å². The molecule has 0 aliphatic rings. The van der Waals surface area contributed by atoms with Crippen LogP contribution in [0.25, 0.3) is 11.1 Å². The van der Waals surface area contributed by atoms with E-state index in [0.717, 1.165) is 5.69 Å². The summed E-state index contributed by atoms with van der Waals surface area (Å²) in [5.74, 6) is 3.32. The Balaban J connectivity index is 2.03. The number of anilines is 1. The number of furan rings is 1. The molecular formula is C17H16ClN3OS. The lowest BCUT2D eigenvalue weighted by atomic mass is 10.1. The highest BCUT2D eigenvalue weighted by atomic mass is 35.5. The summed E-state index contributed by atoms with van der Waals surface area (Å²) in [6, 6.07) is 5.77. The van der Waals surface area contributed by atoms with Crippen LogP contribution in [0.1, 0.15) is 23.1 Å². The third-order valence-electron chi connectivity index (χ3n) is 3.37. The third-order valence-corrected chi connectivity index (χ3v) is 4.44. The number of aromatic nitrogens is 1. The molecule has 118 valence electrons. The average Bonchev–Trinajstić information content (AvgIpc) is 3.11. The first-order valence-electron chi connectivity index (χ1n) is 7.19. The van der Waals surface area contributed by atoms with Crippen LogP contribution in [0.3, 0.4) is 0 Å². The van der Waals surface area contributed by atoms with Crippen LogP contribution >= 0.6 is 22.9 Å². The Labute approximate surface area is 143 Å². The van der Waals surface area contributed by atoms with Crippen molar-refractivity contribution >= 4 is 39.7 Å². The lowest BCUT2D eigenvalue weighted by Gasteiger charge is -2.06. The number of nitrogens with two attached hydrogens (primary N) is 1. The van der Waals surface area contributed by atoms with Crippen LogP contribution < -0.4 is 11.1 Å². The van der Waals surface area contributed by atoms with E-state index >= 15 is 0 Å². The van der Waals surface area contributed by atoms with Gasteiger partial charge in [0.15, 0.2) is 5.58 Å². The Hall–Kier alpha value is -2.00. The highest BCUT2D eigenvalue weighted by molar-refractivity contribution is 7.09. The number of pyridine rings is 1. The second-order valence-corrected chi connectivity index (χ2v) is 6.75. The standard InChI is InChI=1S/C17H16ClN3OS/c1-3-12-14(7-10(2)19)22-17-13(8-15(18)21-16(12)17)20-9-11-5-4-6-23-11/h1,4-6,8,10H,7,9,19H2,2H3,(H,20,21)/t10-/m0/s1. The minimum atomic E-state index is -0.0549. The normalized spacial score (nSPS) is 12.3. The largest absolute Gasteiger partial charge is 0.456 e. The number of thiophene rings is 1. The van der Waals surface area contributed by atoms with Crippen molar-refractivity contribution < 1.29 is 4.42 Å². The van der Waals surface area contributed by atoms with E-state index in [9.17, 15) is 0 Å². The molecule has 6 heteroatoms. The molecule has 0 bridgehead atoms. The van der Waals surface area contributed by atoms with Crippen LogP contribution in [0, 0.1) is 12.3 Å². The molecule has 0 fully saturated rings. The van der Waals surface area contributed by atoms with E-state index in [0.29, 0.717) is 40.5 Å². The van der Waals surface area contributed by atoms with Crippen molar-refractivity contribution in [2.24, 2.45) is 5.73 Å². The molecule has 0 unspecified atom stereocenters. The maximum absolute atomic E-state index is 6.14. The molecule has 3 rings (SSSR count). The molecule has 0 amide bonds. The Morgan fingerprint density at radius 1 is 1.57 bits per heavy atom. The number of hydrogen-bond donors (Lipinski definition) is 2. The molecule has 3 aromatic rings. The first-order valence-corrected chi connectivity index (χ1v) is 8.44. The van der Waals surface area contributed by atoms with E-state index in [1.165, 1.54) is 4.88 Å². The molecule has 4 nitrogen and oxygen atoms in total. The highest BCUT2D eigenvalue weighted by Gasteiger charge is 2.19. The predicted octanol–water partition coefficient (Wildman–Crippen LogP) is 4.03. The van der Waals surface area contributed by atoms with E-state index in [1.807, 2.05) is 18.4 Å². The Morgan fingerprint density at radius 2 is 2.39 bits per heavy atom. The molecule has 0 aliphatic heterocycles. The quantitative estimate of drug-likeness (QED) is 0.541. The second kappa shape index (κ2) is 6.63. The number of rotatable bonds is 5. The van der Waals surface area contributed by atoms with Gasteiger partial charge in [-0.15, -0.1) is 17.8 Å². The fraction of sp³-hybridized carbons (Fsp3) is 0.235. The second-order valence-electron chi connectivity index (χ2n) is 5.33. The van der Waals surface area contributed by atoms with Crippen LogP contribution in [0.2, 0.25) is 5.15 Å². The smallest absolute Gasteiger partial charge is 0.177 e. The summed E-state index contributed by atoms with van der Waals surface area (Å²) in [6.07, 6.45) is 6.19. The molecule has 3 aromatic heterocycles. The van der Waals surface area contributed by atoms with Crippen LogP contribution in [0.5, 0.6) is 0 Å². The number of terminal acetylenes is 1. The van der Waals surface area contributed by atoms with Crippen molar-refractivity contribution in [1.29, 1.82) is 0 Å². The summed E-state index contributed by atoms with van der Waals surface area (Å²) >= 11 is 7.83. The Kier molecular flexibility index (Phi) is 4.58. The van der Waals surface area contributed by atoms with Crippen molar-refractivity contribution in [3.8, 4) is 12.3 Å². The predicted molar refractivity (Wildman–Crippen MR) is 96.0 cm³/mol. The topological polar surface area (TPSA) is 64.1 Å². The summed E-state index contributed by atoms with van der Waals surface area (Å²) in [5.41, 5.74) is 8.50. The Bertz CT molecular complexity index is 862. The molecular weight excluding hydrogens is 330 g/mol. The molecule has 3 N–H and O–H groups in total. The van der Waals surface area contributed by atoms with Crippen molar-refractivity contribution in [1.82, 2.24) is 4.98 Å². The number of nitrogens with one attached hydrogen (secondary N) is 1. The van der Waals surface area contributed by atoms with Gasteiger partial charge in [0.1, 0.15) is 16.4 Å². The van der Waals surface area contributed by atoms with Gasteiger partial charge in [-0.3, -0.25) is 0 Å². The molecule has 0 aromatic carbocycles. The van der Waals surface area contributed by atoms with Gasteiger partial charge in [-0.1, -0.05) is 23.6 Å². The number of hydrogen-bond acceptors (Lipinski definition) is 5. The van der Waals surface area contributed by atoms with Gasteiger partial charge in [-0.25, -0.2) is 4.98 Å². The maximum atomic E-state index is 6.14. The van der Waals surface area contributed by atoms with E-state index in [4.69, 9.17) is 28.2 Å². The molecule has 0 saturated heterocycles. The van der Waals surface area contributed by atoms with Crippen molar-refractivity contribution in [2.45, 2.75) is 25.9 Å². The van der Waals surface area contributed by atoms with Gasteiger partial charge in [0, 0.05) is 30.0 Å². The van der Waals surface area contributed by atoms with E-state index in [2.05, 4.69) is 22.3 Å². The SMILES string of the molecule is C#Cc1c(C[C@H](C)N)oc2c(NCc3cccs3)cc(Cl)nc12. The molecule has 0 aliphatic carbocycles. The minimum absolute atomic E-state index is 0.0549. The van der Waals surface area contributed by atoms with Gasteiger partial charge in [-0.05, 0) is 18.4 Å². The molecule has 0 spiro atoms. The lowest BCUT2D eigenvalue weighted by molar-refractivity contribution is 0.524. The molecule has 3 heterocycles. The Morgan fingerprint density at radius 3 is 3.04 bits per heavy atom. The molecule has 1 atom stereocenters. The maximum Gasteiger partial charge on any atom is 0.177 e. The fourth-order valence-corrected chi connectivity index (χ4v) is 3.23. The number of nitrogens with zero attached hydrogens (tertiary/aromatic N) is 1. The van der Waals surface area contributed by atoms with Crippen molar-refractivity contribution in [3.63, 3.8) is 0 Å². The summed E-state index contributed by atoms with van der Waals surface area (Å²) in [6.45, 7) is 2.59. The van der Waals surface area contributed by atoms with E-state index in [-0.39, 0.29) is 6.04 Å². The van der Waals surface area contributed by atoms with Crippen molar-refractivity contribution in [2.75, 3.05) is 5.32 Å². The zero-order valence-electron chi connectivity index (χ0n) is 12.6.